The van der Waals surface area contributed by atoms with E-state index in [1.165, 1.54) is 0 Å². The minimum absolute atomic E-state index is 0.0574. The van der Waals surface area contributed by atoms with E-state index in [0.29, 0.717) is 35.0 Å². The SMILES string of the molecule is CC[C@@H](C(=O)NC1CCCC1)N(CCc1ccccc1)C(=O)Cc1ccc(Cl)cc1Cl. The average molecular weight is 461 g/mol. The van der Waals surface area contributed by atoms with Crippen LogP contribution in [0, 0.1) is 0 Å². The summed E-state index contributed by atoms with van der Waals surface area (Å²) < 4.78 is 0. The van der Waals surface area contributed by atoms with E-state index in [0.717, 1.165) is 31.2 Å². The van der Waals surface area contributed by atoms with Crippen LogP contribution in [-0.4, -0.2) is 35.3 Å². The molecule has 31 heavy (non-hydrogen) atoms. The number of amides is 2. The zero-order valence-corrected chi connectivity index (χ0v) is 19.5. The highest BCUT2D eigenvalue weighted by Gasteiger charge is 2.30. The molecule has 1 fully saturated rings. The van der Waals surface area contributed by atoms with E-state index < -0.39 is 6.04 Å². The number of rotatable bonds is 9. The Hall–Kier alpha value is -2.04. The Labute approximate surface area is 194 Å². The molecule has 0 heterocycles. The molecule has 0 radical (unpaired) electrons. The number of carbonyl (C=O) groups excluding carboxylic acids is 2. The molecule has 1 aliphatic rings. The van der Waals surface area contributed by atoms with Gasteiger partial charge in [0.05, 0.1) is 6.42 Å². The predicted octanol–water partition coefficient (Wildman–Crippen LogP) is 5.44. The Bertz CT molecular complexity index is 882. The van der Waals surface area contributed by atoms with E-state index in [-0.39, 0.29) is 24.3 Å². The van der Waals surface area contributed by atoms with Crippen molar-refractivity contribution in [3.8, 4) is 0 Å². The van der Waals surface area contributed by atoms with Gasteiger partial charge in [-0.05, 0) is 48.9 Å². The van der Waals surface area contributed by atoms with E-state index >= 15 is 0 Å². The van der Waals surface area contributed by atoms with Crippen LogP contribution in [0.25, 0.3) is 0 Å². The fourth-order valence-corrected chi connectivity index (χ4v) is 4.67. The number of benzene rings is 2. The molecule has 4 nitrogen and oxygen atoms in total. The molecule has 166 valence electrons. The molecule has 0 saturated heterocycles. The second-order valence-corrected chi connectivity index (χ2v) is 8.99. The highest BCUT2D eigenvalue weighted by molar-refractivity contribution is 6.35. The van der Waals surface area contributed by atoms with Gasteiger partial charge < -0.3 is 10.2 Å². The van der Waals surface area contributed by atoms with Crippen molar-refractivity contribution in [3.05, 3.63) is 69.7 Å². The van der Waals surface area contributed by atoms with Crippen molar-refractivity contribution in [2.75, 3.05) is 6.54 Å². The molecule has 1 N–H and O–H groups in total. The first kappa shape index (κ1) is 23.6. The topological polar surface area (TPSA) is 49.4 Å². The van der Waals surface area contributed by atoms with Gasteiger partial charge in [-0.25, -0.2) is 0 Å². The summed E-state index contributed by atoms with van der Waals surface area (Å²) in [6.45, 7) is 2.43. The third-order valence-electron chi connectivity index (χ3n) is 5.93. The first-order valence-corrected chi connectivity index (χ1v) is 11.8. The quantitative estimate of drug-likeness (QED) is 0.540. The smallest absolute Gasteiger partial charge is 0.243 e. The molecule has 2 aromatic carbocycles. The van der Waals surface area contributed by atoms with Gasteiger partial charge in [0.15, 0.2) is 0 Å². The summed E-state index contributed by atoms with van der Waals surface area (Å²) in [5.41, 5.74) is 1.85. The Kier molecular flexibility index (Phi) is 8.79. The van der Waals surface area contributed by atoms with E-state index in [1.807, 2.05) is 37.3 Å². The van der Waals surface area contributed by atoms with Crippen LogP contribution in [0.5, 0.6) is 0 Å². The lowest BCUT2D eigenvalue weighted by Crippen LogP contribution is -2.52. The minimum Gasteiger partial charge on any atom is -0.352 e. The minimum atomic E-state index is -0.497. The zero-order chi connectivity index (χ0) is 22.2. The molecule has 1 saturated carbocycles. The molecular formula is C25H30Cl2N2O2. The van der Waals surface area contributed by atoms with Crippen LogP contribution in [0.15, 0.2) is 48.5 Å². The number of hydrogen-bond donors (Lipinski definition) is 1. The Balaban J connectivity index is 1.77. The van der Waals surface area contributed by atoms with E-state index in [1.54, 1.807) is 23.1 Å². The van der Waals surface area contributed by atoms with Crippen molar-refractivity contribution >= 4 is 35.0 Å². The molecule has 2 aromatic rings. The summed E-state index contributed by atoms with van der Waals surface area (Å²) >= 11 is 12.3. The highest BCUT2D eigenvalue weighted by Crippen LogP contribution is 2.23. The number of hydrogen-bond acceptors (Lipinski definition) is 2. The van der Waals surface area contributed by atoms with Crippen LogP contribution in [-0.2, 0) is 22.4 Å². The predicted molar refractivity (Wildman–Crippen MR) is 127 cm³/mol. The Morgan fingerprint density at radius 3 is 2.45 bits per heavy atom. The van der Waals surface area contributed by atoms with Crippen molar-refractivity contribution in [3.63, 3.8) is 0 Å². The molecule has 1 aliphatic carbocycles. The Morgan fingerprint density at radius 2 is 1.81 bits per heavy atom. The fraction of sp³-hybridized carbons (Fsp3) is 0.440. The third-order valence-corrected chi connectivity index (χ3v) is 6.52. The molecule has 0 bridgehead atoms. The molecule has 6 heteroatoms. The summed E-state index contributed by atoms with van der Waals surface area (Å²) in [5, 5.41) is 4.17. The lowest BCUT2D eigenvalue weighted by Gasteiger charge is -2.31. The standard InChI is InChI=1S/C25H30Cl2N2O2/c1-2-23(25(31)28-21-10-6-7-11-21)29(15-14-18-8-4-3-5-9-18)24(30)16-19-12-13-20(26)17-22(19)27/h3-5,8-9,12-13,17,21,23H,2,6-7,10-11,14-16H2,1H3,(H,28,31)/t23-/m0/s1. The van der Waals surface area contributed by atoms with E-state index in [2.05, 4.69) is 5.32 Å². The third kappa shape index (κ3) is 6.72. The second-order valence-electron chi connectivity index (χ2n) is 8.15. The lowest BCUT2D eigenvalue weighted by molar-refractivity contribution is -0.140. The van der Waals surface area contributed by atoms with Crippen molar-refractivity contribution < 1.29 is 9.59 Å². The van der Waals surface area contributed by atoms with Crippen LogP contribution < -0.4 is 5.32 Å². The molecule has 0 aromatic heterocycles. The van der Waals surface area contributed by atoms with Crippen molar-refractivity contribution in [2.24, 2.45) is 0 Å². The average Bonchev–Trinajstić information content (AvgIpc) is 3.26. The normalized spacial score (nSPS) is 14.9. The van der Waals surface area contributed by atoms with Gasteiger partial charge in [0.1, 0.15) is 6.04 Å². The summed E-state index contributed by atoms with van der Waals surface area (Å²) in [6, 6.07) is 14.9. The van der Waals surface area contributed by atoms with E-state index in [4.69, 9.17) is 23.2 Å². The summed E-state index contributed by atoms with van der Waals surface area (Å²) in [4.78, 5) is 28.2. The van der Waals surface area contributed by atoms with Gasteiger partial charge in [-0.2, -0.15) is 0 Å². The molecule has 0 aliphatic heterocycles. The van der Waals surface area contributed by atoms with Gasteiger partial charge in [-0.3, -0.25) is 9.59 Å². The lowest BCUT2D eigenvalue weighted by atomic mass is 10.1. The van der Waals surface area contributed by atoms with Gasteiger partial charge in [-0.1, -0.05) is 79.4 Å². The monoisotopic (exact) mass is 460 g/mol. The number of nitrogens with one attached hydrogen (secondary N) is 1. The number of halogens is 2. The Morgan fingerprint density at radius 1 is 1.10 bits per heavy atom. The van der Waals surface area contributed by atoms with Crippen molar-refractivity contribution in [1.29, 1.82) is 0 Å². The van der Waals surface area contributed by atoms with Gasteiger partial charge >= 0.3 is 0 Å². The second kappa shape index (κ2) is 11.5. The summed E-state index contributed by atoms with van der Waals surface area (Å²) in [7, 11) is 0. The molecule has 0 unspecified atom stereocenters. The molecule has 0 spiro atoms. The summed E-state index contributed by atoms with van der Waals surface area (Å²) in [6.07, 6.45) is 5.71. The fourth-order valence-electron chi connectivity index (χ4n) is 4.19. The van der Waals surface area contributed by atoms with Gasteiger partial charge in [-0.15, -0.1) is 0 Å². The molecule has 1 atom stereocenters. The highest BCUT2D eigenvalue weighted by atomic mass is 35.5. The maximum absolute atomic E-state index is 13.4. The van der Waals surface area contributed by atoms with Crippen LogP contribution in [0.2, 0.25) is 10.0 Å². The van der Waals surface area contributed by atoms with Crippen molar-refractivity contribution in [1.82, 2.24) is 10.2 Å². The van der Waals surface area contributed by atoms with Crippen LogP contribution >= 0.6 is 23.2 Å². The van der Waals surface area contributed by atoms with Crippen molar-refractivity contribution in [2.45, 2.75) is 64.0 Å². The number of carbonyl (C=O) groups is 2. The van der Waals surface area contributed by atoms with Crippen LogP contribution in [0.1, 0.15) is 50.2 Å². The zero-order valence-electron chi connectivity index (χ0n) is 17.9. The molecule has 2 amide bonds. The molecular weight excluding hydrogens is 431 g/mol. The maximum Gasteiger partial charge on any atom is 0.243 e. The summed E-state index contributed by atoms with van der Waals surface area (Å²) in [5.74, 6) is -0.161. The maximum atomic E-state index is 13.4. The number of nitrogens with zero attached hydrogens (tertiary/aromatic N) is 1. The molecule has 3 rings (SSSR count). The van der Waals surface area contributed by atoms with Crippen LogP contribution in [0.3, 0.4) is 0 Å². The first-order valence-electron chi connectivity index (χ1n) is 11.1. The van der Waals surface area contributed by atoms with E-state index in [9.17, 15) is 9.59 Å². The largest absolute Gasteiger partial charge is 0.352 e. The first-order chi connectivity index (χ1) is 15.0. The van der Waals surface area contributed by atoms with Gasteiger partial charge in [0, 0.05) is 22.6 Å². The van der Waals surface area contributed by atoms with Gasteiger partial charge in [0.2, 0.25) is 11.8 Å². The van der Waals surface area contributed by atoms with Gasteiger partial charge in [0.25, 0.3) is 0 Å². The van der Waals surface area contributed by atoms with Crippen LogP contribution in [0.4, 0.5) is 0 Å².